The molecule has 2 aliphatic heterocycles. The molecule has 206 valence electrons. The molecule has 4 aromatic rings. The SMILES string of the molecule is [C-]#[N+]/C(C#N)=C1/N=c2ccc(-c3nc(-c4ccc(C#N)cc4)nc(-c4ccc5c(c4C#N)=N/C(=C(\C#N)[N+]#[C-])N=5)n3)c([N+]#[C-])c2=N1. The number of benzene rings is 3. The number of hydrogen-bond acceptors (Lipinski definition) is 11. The molecule has 14 nitrogen and oxygen atoms in total. The van der Waals surface area contributed by atoms with Crippen LogP contribution >= 0.6 is 0 Å². The Bertz CT molecular complexity index is 2520. The summed E-state index contributed by atoms with van der Waals surface area (Å²) in [5.41, 5.74) is 0.803. The molecule has 0 saturated carbocycles. The summed E-state index contributed by atoms with van der Waals surface area (Å²) in [5.74, 6) is 0.0230. The van der Waals surface area contributed by atoms with E-state index in [1.807, 2.05) is 0 Å². The van der Waals surface area contributed by atoms with E-state index in [2.05, 4.69) is 61.6 Å². The van der Waals surface area contributed by atoms with E-state index in [1.165, 1.54) is 0 Å². The number of nitriles is 4. The van der Waals surface area contributed by atoms with Gasteiger partial charge in [0.15, 0.2) is 29.1 Å². The van der Waals surface area contributed by atoms with E-state index in [0.29, 0.717) is 16.5 Å². The second-order valence-electron chi connectivity index (χ2n) is 9.14. The van der Waals surface area contributed by atoms with Crippen molar-refractivity contribution >= 4 is 5.69 Å². The lowest BCUT2D eigenvalue weighted by molar-refractivity contribution is 1.07. The van der Waals surface area contributed by atoms with Gasteiger partial charge in [-0.3, -0.25) is 0 Å². The molecule has 0 radical (unpaired) electrons. The van der Waals surface area contributed by atoms with Crippen LogP contribution in [0.5, 0.6) is 0 Å². The third-order valence-electron chi connectivity index (χ3n) is 6.65. The Hall–Kier alpha value is -8.22. The van der Waals surface area contributed by atoms with Gasteiger partial charge in [0.1, 0.15) is 11.4 Å². The van der Waals surface area contributed by atoms with Crippen molar-refractivity contribution in [3.8, 4) is 58.4 Å². The summed E-state index contributed by atoms with van der Waals surface area (Å²) in [6, 6.07) is 20.4. The Morgan fingerprint density at radius 2 is 1.13 bits per heavy atom. The highest BCUT2D eigenvalue weighted by molar-refractivity contribution is 5.77. The molecule has 46 heavy (non-hydrogen) atoms. The van der Waals surface area contributed by atoms with Crippen molar-refractivity contribution in [3.63, 3.8) is 0 Å². The van der Waals surface area contributed by atoms with E-state index < -0.39 is 0 Å². The minimum atomic E-state index is -0.330. The average molecular weight is 589 g/mol. The molecule has 3 aromatic carbocycles. The van der Waals surface area contributed by atoms with Crippen LogP contribution in [-0.4, -0.2) is 15.0 Å². The first kappa shape index (κ1) is 27.9. The first-order chi connectivity index (χ1) is 22.5. The molecular weight excluding hydrogens is 580 g/mol. The number of hydrogen-bond donors (Lipinski definition) is 0. The summed E-state index contributed by atoms with van der Waals surface area (Å²) in [4.78, 5) is 40.8. The highest BCUT2D eigenvalue weighted by Crippen LogP contribution is 2.30. The van der Waals surface area contributed by atoms with Crippen LogP contribution in [0, 0.1) is 65.0 Å². The second-order valence-corrected chi connectivity index (χ2v) is 9.14. The maximum Gasteiger partial charge on any atom is 0.305 e. The monoisotopic (exact) mass is 588 g/mol. The molecule has 14 heteroatoms. The zero-order chi connectivity index (χ0) is 32.4. The lowest BCUT2D eigenvalue weighted by Gasteiger charge is -2.10. The molecule has 0 aliphatic carbocycles. The van der Waals surface area contributed by atoms with Gasteiger partial charge in [-0.2, -0.15) is 10.5 Å². The van der Waals surface area contributed by atoms with E-state index >= 15 is 0 Å². The van der Waals surface area contributed by atoms with E-state index in [1.54, 1.807) is 60.7 Å². The summed E-state index contributed by atoms with van der Waals surface area (Å²) < 4.78 is 0. The van der Waals surface area contributed by atoms with Crippen LogP contribution in [0.25, 0.3) is 48.7 Å². The molecule has 1 aromatic heterocycles. The van der Waals surface area contributed by atoms with Gasteiger partial charge in [0.2, 0.25) is 5.69 Å². The van der Waals surface area contributed by atoms with Crippen molar-refractivity contribution in [1.29, 1.82) is 21.0 Å². The van der Waals surface area contributed by atoms with Crippen LogP contribution in [0.2, 0.25) is 0 Å². The van der Waals surface area contributed by atoms with Crippen molar-refractivity contribution in [2.75, 3.05) is 0 Å². The lowest BCUT2D eigenvalue weighted by Crippen LogP contribution is -2.26. The molecule has 0 fully saturated rings. The molecule has 0 saturated heterocycles. The maximum atomic E-state index is 10.2. The van der Waals surface area contributed by atoms with Gasteiger partial charge < -0.3 is 0 Å². The normalized spacial score (nSPS) is 13.8. The quantitative estimate of drug-likeness (QED) is 0.259. The van der Waals surface area contributed by atoms with Crippen LogP contribution in [0.15, 0.2) is 91.5 Å². The predicted molar refractivity (Wildman–Crippen MR) is 155 cm³/mol. The highest BCUT2D eigenvalue weighted by Gasteiger charge is 2.22. The van der Waals surface area contributed by atoms with Gasteiger partial charge in [-0.15, -0.1) is 0 Å². The number of aromatic nitrogens is 3. The fourth-order valence-electron chi connectivity index (χ4n) is 4.54. The Morgan fingerprint density at radius 1 is 0.587 bits per heavy atom. The summed E-state index contributed by atoms with van der Waals surface area (Å²) in [7, 11) is 0. The van der Waals surface area contributed by atoms with Crippen molar-refractivity contribution in [2.45, 2.75) is 0 Å². The van der Waals surface area contributed by atoms with Crippen molar-refractivity contribution in [2.24, 2.45) is 20.0 Å². The van der Waals surface area contributed by atoms with Gasteiger partial charge >= 0.3 is 11.4 Å². The Labute approximate surface area is 258 Å². The Balaban J connectivity index is 1.64. The minimum absolute atomic E-state index is 0.0164. The average Bonchev–Trinajstić information content (AvgIpc) is 3.73. The Morgan fingerprint density at radius 3 is 1.67 bits per heavy atom. The molecule has 2 aliphatic rings. The summed E-state index contributed by atoms with van der Waals surface area (Å²) in [6.07, 6.45) is 0. The highest BCUT2D eigenvalue weighted by atomic mass is 15.1. The van der Waals surface area contributed by atoms with Crippen LogP contribution in [0.1, 0.15) is 11.1 Å². The summed E-state index contributed by atoms with van der Waals surface area (Å²) >= 11 is 0. The van der Waals surface area contributed by atoms with Gasteiger partial charge in [0.05, 0.1) is 65.1 Å². The lowest BCUT2D eigenvalue weighted by atomic mass is 10.1. The maximum absolute atomic E-state index is 10.2. The molecule has 0 unspecified atom stereocenters. The van der Waals surface area contributed by atoms with Gasteiger partial charge in [0.25, 0.3) is 0 Å². The molecule has 0 bridgehead atoms. The topological polar surface area (TPSA) is 196 Å². The first-order valence-corrected chi connectivity index (χ1v) is 12.8. The van der Waals surface area contributed by atoms with Gasteiger partial charge in [-0.25, -0.2) is 60.0 Å². The Kier molecular flexibility index (Phi) is 6.81. The van der Waals surface area contributed by atoms with Gasteiger partial charge in [0, 0.05) is 16.7 Å². The molecule has 0 atom stereocenters. The summed E-state index contributed by atoms with van der Waals surface area (Å²) in [6.45, 7) is 22.4. The number of rotatable bonds is 3. The van der Waals surface area contributed by atoms with Gasteiger partial charge in [-0.05, 0) is 42.5 Å². The van der Waals surface area contributed by atoms with Gasteiger partial charge in [-0.1, -0.05) is 6.07 Å². The zero-order valence-corrected chi connectivity index (χ0v) is 22.9. The fourth-order valence-corrected chi connectivity index (χ4v) is 4.54. The zero-order valence-electron chi connectivity index (χ0n) is 22.9. The predicted octanol–water partition coefficient (Wildman–Crippen LogP) is 2.90. The first-order valence-electron chi connectivity index (χ1n) is 12.8. The van der Waals surface area contributed by atoms with E-state index in [9.17, 15) is 21.0 Å². The molecular formula is C32H8N14. The molecule has 6 rings (SSSR count). The largest absolute Gasteiger partial charge is 0.305 e. The number of nitrogens with zero attached hydrogens (tertiary/aromatic N) is 14. The second kappa shape index (κ2) is 11.2. The third-order valence-corrected chi connectivity index (χ3v) is 6.65. The molecule has 0 spiro atoms. The third kappa shape index (κ3) is 4.53. The van der Waals surface area contributed by atoms with Crippen molar-refractivity contribution in [1.82, 2.24) is 15.0 Å². The van der Waals surface area contributed by atoms with Crippen LogP contribution in [0.3, 0.4) is 0 Å². The van der Waals surface area contributed by atoms with Crippen molar-refractivity contribution < 1.29 is 0 Å². The molecule has 3 heterocycles. The van der Waals surface area contributed by atoms with E-state index in [-0.39, 0.29) is 79.0 Å². The minimum Gasteiger partial charge on any atom is -0.250 e. The fraction of sp³-hybridized carbons (Fsp3) is 0. The van der Waals surface area contributed by atoms with E-state index in [4.69, 9.17) is 19.7 Å². The number of fused-ring (bicyclic) bond motifs is 2. The van der Waals surface area contributed by atoms with E-state index in [0.717, 1.165) is 0 Å². The molecule has 0 amide bonds. The smallest absolute Gasteiger partial charge is 0.250 e. The number of allylic oxidation sites excluding steroid dienone is 2. The molecule has 0 N–H and O–H groups in total. The van der Waals surface area contributed by atoms with Crippen LogP contribution < -0.4 is 21.4 Å². The van der Waals surface area contributed by atoms with Crippen LogP contribution in [0.4, 0.5) is 5.69 Å². The standard InChI is InChI=1S/C32H8N14/c1-37-23(14-35)31-40-21-10-8-18(20(13-34)25(21)42-31)29-44-28(17-6-4-16(12-33)5-7-17)45-30(46-29)19-9-11-22-27(26(19)39-3)43-32(41-22)24(15-36)38-2/h4-11H/b31-23+,32-24-. The van der Waals surface area contributed by atoms with Crippen LogP contribution in [-0.2, 0) is 0 Å². The van der Waals surface area contributed by atoms with Crippen molar-refractivity contribution in [3.05, 3.63) is 138 Å². The summed E-state index contributed by atoms with van der Waals surface area (Å²) in [5, 5.41) is 38.9.